The van der Waals surface area contributed by atoms with Crippen molar-refractivity contribution < 1.29 is 14.3 Å². The first-order chi connectivity index (χ1) is 19.6. The van der Waals surface area contributed by atoms with Crippen LogP contribution < -0.4 is 14.8 Å². The number of carbonyl (C=O) groups is 1. The normalized spacial score (nSPS) is 12.5. The van der Waals surface area contributed by atoms with Crippen LogP contribution in [0.4, 0.5) is 10.7 Å². The number of aliphatic imine (C=N–C) groups is 1. The minimum atomic E-state index is -0.117. The van der Waals surface area contributed by atoms with Crippen LogP contribution in [0.25, 0.3) is 0 Å². The molecule has 0 radical (unpaired) electrons. The van der Waals surface area contributed by atoms with Gasteiger partial charge in [-0.2, -0.15) is 5.26 Å². The number of amides is 1. The highest BCUT2D eigenvalue weighted by molar-refractivity contribution is 14.1. The molecule has 0 bridgehead atoms. The lowest BCUT2D eigenvalue weighted by Gasteiger charge is -2.15. The molecule has 0 atom stereocenters. The van der Waals surface area contributed by atoms with Crippen molar-refractivity contribution in [2.45, 2.75) is 39.2 Å². The van der Waals surface area contributed by atoms with Gasteiger partial charge in [0.05, 0.1) is 27.4 Å². The number of para-hydroxylation sites is 1. The summed E-state index contributed by atoms with van der Waals surface area (Å²) in [6.07, 6.45) is 5.90. The molecule has 4 aromatic rings. The lowest BCUT2D eigenvalue weighted by atomic mass is 9.95. The number of hydrogen-bond donors (Lipinski definition) is 1. The molecule has 0 spiro atoms. The number of nitriles is 1. The van der Waals surface area contributed by atoms with Crippen LogP contribution in [0.1, 0.15) is 57.3 Å². The van der Waals surface area contributed by atoms with E-state index in [0.717, 1.165) is 56.6 Å². The molecule has 0 saturated carbocycles. The zero-order valence-electron chi connectivity index (χ0n) is 22.1. The van der Waals surface area contributed by atoms with Gasteiger partial charge >= 0.3 is 0 Å². The minimum absolute atomic E-state index is 0.117. The highest BCUT2D eigenvalue weighted by Gasteiger charge is 2.25. The summed E-state index contributed by atoms with van der Waals surface area (Å²) in [4.78, 5) is 19.5. The van der Waals surface area contributed by atoms with Crippen molar-refractivity contribution in [3.8, 4) is 17.6 Å². The summed E-state index contributed by atoms with van der Waals surface area (Å²) >= 11 is 3.86. The van der Waals surface area contributed by atoms with Gasteiger partial charge in [-0.3, -0.25) is 4.79 Å². The number of aryl methyl sites for hydroxylation is 1. The standard InChI is InChI=1S/C32H28IN3O3S/c1-2-38-27-17-23(16-26(33)30(27)39-20-22-14-12-21(18-34)13-15-22)19-35-32-29(25-10-6-7-11-28(25)40-32)31(37)36-24-8-4-3-5-9-24/h3-5,8-9,12-17,19H,2,6-7,10-11,20H2,1H3,(H,36,37). The smallest absolute Gasteiger partial charge is 0.259 e. The molecular weight excluding hydrogens is 633 g/mol. The summed E-state index contributed by atoms with van der Waals surface area (Å²) in [6, 6.07) is 22.9. The van der Waals surface area contributed by atoms with Crippen molar-refractivity contribution in [1.29, 1.82) is 5.26 Å². The van der Waals surface area contributed by atoms with E-state index in [0.29, 0.717) is 35.8 Å². The lowest BCUT2D eigenvalue weighted by Crippen LogP contribution is -2.14. The Labute approximate surface area is 251 Å². The van der Waals surface area contributed by atoms with E-state index >= 15 is 0 Å². The second kappa shape index (κ2) is 13.1. The van der Waals surface area contributed by atoms with E-state index < -0.39 is 0 Å². The number of rotatable bonds is 9. The molecule has 0 unspecified atom stereocenters. The average molecular weight is 662 g/mol. The number of ether oxygens (including phenoxy) is 2. The largest absolute Gasteiger partial charge is 0.490 e. The first-order valence-electron chi connectivity index (χ1n) is 13.2. The maximum atomic E-state index is 13.4. The molecule has 1 aromatic heterocycles. The molecule has 1 heterocycles. The first kappa shape index (κ1) is 27.9. The monoisotopic (exact) mass is 661 g/mol. The topological polar surface area (TPSA) is 83.7 Å². The van der Waals surface area contributed by atoms with Crippen molar-refractivity contribution in [3.05, 3.63) is 103 Å². The number of hydrogen-bond acceptors (Lipinski definition) is 6. The molecule has 0 saturated heterocycles. The summed E-state index contributed by atoms with van der Waals surface area (Å²) in [5.41, 5.74) is 5.02. The average Bonchev–Trinajstić information content (AvgIpc) is 3.35. The van der Waals surface area contributed by atoms with Crippen molar-refractivity contribution in [2.24, 2.45) is 4.99 Å². The predicted molar refractivity (Wildman–Crippen MR) is 168 cm³/mol. The van der Waals surface area contributed by atoms with Crippen LogP contribution in [0.15, 0.2) is 71.7 Å². The van der Waals surface area contributed by atoms with E-state index in [9.17, 15) is 4.79 Å². The molecule has 40 heavy (non-hydrogen) atoms. The second-order valence-electron chi connectivity index (χ2n) is 9.33. The Morgan fingerprint density at radius 3 is 2.62 bits per heavy atom. The predicted octanol–water partition coefficient (Wildman–Crippen LogP) is 8.08. The number of halogens is 1. The molecule has 1 aliphatic carbocycles. The maximum absolute atomic E-state index is 13.4. The van der Waals surface area contributed by atoms with E-state index in [2.05, 4.69) is 34.0 Å². The number of carbonyl (C=O) groups excluding carboxylic acids is 1. The van der Waals surface area contributed by atoms with Crippen molar-refractivity contribution in [2.75, 3.05) is 11.9 Å². The summed E-state index contributed by atoms with van der Waals surface area (Å²) < 4.78 is 13.0. The molecule has 1 amide bonds. The summed E-state index contributed by atoms with van der Waals surface area (Å²) in [5.74, 6) is 1.18. The van der Waals surface area contributed by atoms with Crippen LogP contribution in [0.3, 0.4) is 0 Å². The van der Waals surface area contributed by atoms with Crippen LogP contribution in [0, 0.1) is 14.9 Å². The Morgan fingerprint density at radius 1 is 1.10 bits per heavy atom. The summed E-state index contributed by atoms with van der Waals surface area (Å²) in [7, 11) is 0. The van der Waals surface area contributed by atoms with Gasteiger partial charge in [0.15, 0.2) is 11.5 Å². The third-order valence-electron chi connectivity index (χ3n) is 6.54. The molecule has 202 valence electrons. The Bertz CT molecular complexity index is 1570. The molecule has 0 fully saturated rings. The zero-order valence-corrected chi connectivity index (χ0v) is 25.1. The molecule has 1 aliphatic rings. The van der Waals surface area contributed by atoms with Gasteiger partial charge in [-0.05, 0) is 108 Å². The van der Waals surface area contributed by atoms with Crippen LogP contribution in [0.2, 0.25) is 0 Å². The highest BCUT2D eigenvalue weighted by atomic mass is 127. The number of anilines is 1. The van der Waals surface area contributed by atoms with Crippen molar-refractivity contribution >= 4 is 56.7 Å². The Hall–Kier alpha value is -3.68. The second-order valence-corrected chi connectivity index (χ2v) is 11.6. The fourth-order valence-electron chi connectivity index (χ4n) is 4.62. The van der Waals surface area contributed by atoms with Gasteiger partial charge in [0.2, 0.25) is 0 Å². The Morgan fingerprint density at radius 2 is 1.88 bits per heavy atom. The highest BCUT2D eigenvalue weighted by Crippen LogP contribution is 2.41. The Balaban J connectivity index is 1.41. The summed E-state index contributed by atoms with van der Waals surface area (Å²) in [6.45, 7) is 2.78. The number of nitrogens with zero attached hydrogens (tertiary/aromatic N) is 2. The van der Waals surface area contributed by atoms with Gasteiger partial charge in [-0.1, -0.05) is 30.3 Å². The van der Waals surface area contributed by atoms with Crippen LogP contribution in [-0.4, -0.2) is 18.7 Å². The fourth-order valence-corrected chi connectivity index (χ4v) is 6.63. The van der Waals surface area contributed by atoms with Gasteiger partial charge < -0.3 is 14.8 Å². The SMILES string of the molecule is CCOc1cc(C=Nc2sc3c(c2C(=O)Nc2ccccc2)CCCC3)cc(I)c1OCc1ccc(C#N)cc1. The zero-order chi connectivity index (χ0) is 27.9. The van der Waals surface area contributed by atoms with Gasteiger partial charge in [0.25, 0.3) is 5.91 Å². The quantitative estimate of drug-likeness (QED) is 0.145. The van der Waals surface area contributed by atoms with E-state index in [4.69, 9.17) is 19.7 Å². The van der Waals surface area contributed by atoms with E-state index in [1.165, 1.54) is 4.88 Å². The van der Waals surface area contributed by atoms with Crippen LogP contribution in [-0.2, 0) is 19.4 Å². The van der Waals surface area contributed by atoms with Gasteiger partial charge in [0, 0.05) is 16.8 Å². The van der Waals surface area contributed by atoms with Gasteiger partial charge in [-0.15, -0.1) is 11.3 Å². The third-order valence-corrected chi connectivity index (χ3v) is 8.54. The van der Waals surface area contributed by atoms with Gasteiger partial charge in [0.1, 0.15) is 11.6 Å². The molecule has 5 rings (SSSR count). The number of thiophene rings is 1. The molecule has 8 heteroatoms. The lowest BCUT2D eigenvalue weighted by molar-refractivity contribution is 0.102. The minimum Gasteiger partial charge on any atom is -0.490 e. The molecule has 0 aliphatic heterocycles. The maximum Gasteiger partial charge on any atom is 0.259 e. The van der Waals surface area contributed by atoms with Crippen molar-refractivity contribution in [1.82, 2.24) is 0 Å². The molecule has 3 aromatic carbocycles. The molecular formula is C32H28IN3O3S. The Kier molecular flexibility index (Phi) is 9.14. The molecule has 1 N–H and O–H groups in total. The number of benzene rings is 3. The van der Waals surface area contributed by atoms with Crippen LogP contribution >= 0.6 is 33.9 Å². The van der Waals surface area contributed by atoms with Crippen molar-refractivity contribution in [3.63, 3.8) is 0 Å². The summed E-state index contributed by atoms with van der Waals surface area (Å²) in [5, 5.41) is 12.8. The number of nitrogens with one attached hydrogen (secondary N) is 1. The number of fused-ring (bicyclic) bond motifs is 1. The fraction of sp³-hybridized carbons (Fsp3) is 0.219. The van der Waals surface area contributed by atoms with E-state index in [-0.39, 0.29) is 5.91 Å². The first-order valence-corrected chi connectivity index (χ1v) is 15.1. The van der Waals surface area contributed by atoms with E-state index in [1.54, 1.807) is 29.7 Å². The molecule has 6 nitrogen and oxygen atoms in total. The van der Waals surface area contributed by atoms with E-state index in [1.807, 2.05) is 61.5 Å². The van der Waals surface area contributed by atoms with Gasteiger partial charge in [-0.25, -0.2) is 4.99 Å². The van der Waals surface area contributed by atoms with Crippen LogP contribution in [0.5, 0.6) is 11.5 Å². The third kappa shape index (κ3) is 6.54.